The van der Waals surface area contributed by atoms with Gasteiger partial charge in [0, 0.05) is 37.9 Å². The number of benzene rings is 2. The summed E-state index contributed by atoms with van der Waals surface area (Å²) in [5, 5.41) is 0. The summed E-state index contributed by atoms with van der Waals surface area (Å²) in [6.45, 7) is 8.06. The van der Waals surface area contributed by atoms with E-state index in [1.807, 2.05) is 68.1 Å². The molecule has 2 aromatic rings. The number of sulfonamides is 1. The van der Waals surface area contributed by atoms with Crippen LogP contribution < -0.4 is 4.90 Å². The van der Waals surface area contributed by atoms with Gasteiger partial charge in [-0.2, -0.15) is 4.31 Å². The highest BCUT2D eigenvalue weighted by atomic mass is 32.2. The van der Waals surface area contributed by atoms with E-state index in [4.69, 9.17) is 0 Å². The van der Waals surface area contributed by atoms with Gasteiger partial charge >= 0.3 is 0 Å². The number of nitrogens with zero attached hydrogens (tertiary/aromatic N) is 3. The van der Waals surface area contributed by atoms with Crippen LogP contribution in [0.3, 0.4) is 0 Å². The summed E-state index contributed by atoms with van der Waals surface area (Å²) in [6.07, 6.45) is 0. The molecule has 1 fully saturated rings. The molecular weight excluding hydrogens is 386 g/mol. The molecule has 0 spiro atoms. The Balaban J connectivity index is 1.62. The van der Waals surface area contributed by atoms with Crippen LogP contribution in [0.25, 0.3) is 0 Å². The van der Waals surface area contributed by atoms with Crippen LogP contribution >= 0.6 is 0 Å². The molecular formula is C22H29N3O3S. The van der Waals surface area contributed by atoms with Crippen LogP contribution in [0, 0.1) is 6.92 Å². The van der Waals surface area contributed by atoms with Gasteiger partial charge in [0.05, 0.1) is 11.4 Å². The maximum atomic E-state index is 12.9. The van der Waals surface area contributed by atoms with E-state index in [2.05, 4.69) is 0 Å². The van der Waals surface area contributed by atoms with Gasteiger partial charge in [-0.15, -0.1) is 0 Å². The molecule has 3 rings (SSSR count). The minimum Gasteiger partial charge on any atom is -0.309 e. The van der Waals surface area contributed by atoms with Crippen molar-refractivity contribution in [1.29, 1.82) is 0 Å². The zero-order chi connectivity index (χ0) is 21.0. The Hall–Kier alpha value is -2.22. The van der Waals surface area contributed by atoms with Gasteiger partial charge in [0.25, 0.3) is 0 Å². The summed E-state index contributed by atoms with van der Waals surface area (Å²) >= 11 is 0. The smallest absolute Gasteiger partial charge is 0.243 e. The van der Waals surface area contributed by atoms with Gasteiger partial charge in [0.1, 0.15) is 0 Å². The Labute approximate surface area is 173 Å². The molecule has 156 valence electrons. The fraction of sp³-hybridized carbons (Fsp3) is 0.409. The number of carbonyl (C=O) groups excluding carboxylic acids is 1. The Morgan fingerprint density at radius 1 is 0.966 bits per heavy atom. The second-order valence-corrected chi connectivity index (χ2v) is 9.62. The highest BCUT2D eigenvalue weighted by Gasteiger charge is 2.30. The number of amides is 1. The third-order valence-electron chi connectivity index (χ3n) is 5.17. The predicted octanol–water partition coefficient (Wildman–Crippen LogP) is 2.74. The second kappa shape index (κ2) is 9.07. The van der Waals surface area contributed by atoms with Crippen LogP contribution in [-0.4, -0.2) is 62.3 Å². The Morgan fingerprint density at radius 2 is 1.55 bits per heavy atom. The summed E-state index contributed by atoms with van der Waals surface area (Å²) < 4.78 is 27.2. The zero-order valence-electron chi connectivity index (χ0n) is 17.3. The number of rotatable bonds is 6. The molecule has 1 aliphatic rings. The van der Waals surface area contributed by atoms with Gasteiger partial charge in [-0.05, 0) is 45.0 Å². The largest absolute Gasteiger partial charge is 0.309 e. The number of anilines is 1. The number of carbonyl (C=O) groups is 1. The first kappa shape index (κ1) is 21.5. The van der Waals surface area contributed by atoms with Crippen molar-refractivity contribution >= 4 is 21.6 Å². The van der Waals surface area contributed by atoms with Crippen LogP contribution in [0.5, 0.6) is 0 Å². The summed E-state index contributed by atoms with van der Waals surface area (Å²) in [7, 11) is -3.49. The third-order valence-corrected chi connectivity index (χ3v) is 7.08. The molecule has 1 saturated heterocycles. The average molecular weight is 416 g/mol. The minimum absolute atomic E-state index is 0.0287. The molecule has 1 aliphatic heterocycles. The van der Waals surface area contributed by atoms with Crippen molar-refractivity contribution < 1.29 is 13.2 Å². The van der Waals surface area contributed by atoms with Gasteiger partial charge in [0.15, 0.2) is 0 Å². The molecule has 0 saturated carbocycles. The highest BCUT2D eigenvalue weighted by Crippen LogP contribution is 2.20. The van der Waals surface area contributed by atoms with Gasteiger partial charge in [-0.1, -0.05) is 35.9 Å². The Morgan fingerprint density at radius 3 is 2.10 bits per heavy atom. The molecule has 6 nitrogen and oxygen atoms in total. The van der Waals surface area contributed by atoms with E-state index < -0.39 is 10.0 Å². The fourth-order valence-electron chi connectivity index (χ4n) is 3.57. The number of piperazine rings is 1. The summed E-state index contributed by atoms with van der Waals surface area (Å²) in [6, 6.07) is 16.6. The predicted molar refractivity (Wildman–Crippen MR) is 115 cm³/mol. The molecule has 0 aromatic heterocycles. The number of aryl methyl sites for hydroxylation is 1. The van der Waals surface area contributed by atoms with Gasteiger partial charge in [-0.3, -0.25) is 9.69 Å². The lowest BCUT2D eigenvalue weighted by Crippen LogP contribution is -2.52. The van der Waals surface area contributed by atoms with E-state index >= 15 is 0 Å². The molecule has 0 N–H and O–H groups in total. The van der Waals surface area contributed by atoms with Gasteiger partial charge in [-0.25, -0.2) is 8.42 Å². The number of para-hydroxylation sites is 1. The molecule has 29 heavy (non-hydrogen) atoms. The third kappa shape index (κ3) is 5.04. The van der Waals surface area contributed by atoms with E-state index in [1.54, 1.807) is 17.0 Å². The number of hydrogen-bond donors (Lipinski definition) is 0. The van der Waals surface area contributed by atoms with Crippen LogP contribution in [0.4, 0.5) is 5.69 Å². The van der Waals surface area contributed by atoms with Crippen molar-refractivity contribution in [3.8, 4) is 0 Å². The molecule has 0 bridgehead atoms. The van der Waals surface area contributed by atoms with E-state index in [1.165, 1.54) is 4.31 Å². The lowest BCUT2D eigenvalue weighted by Gasteiger charge is -2.35. The van der Waals surface area contributed by atoms with Crippen molar-refractivity contribution in [3.05, 3.63) is 60.2 Å². The van der Waals surface area contributed by atoms with Crippen molar-refractivity contribution in [2.45, 2.75) is 31.7 Å². The lowest BCUT2D eigenvalue weighted by atomic mass is 10.2. The van der Waals surface area contributed by atoms with Crippen molar-refractivity contribution in [1.82, 2.24) is 9.21 Å². The van der Waals surface area contributed by atoms with Crippen molar-refractivity contribution in [2.24, 2.45) is 0 Å². The lowest BCUT2D eigenvalue weighted by molar-refractivity contribution is -0.120. The number of hydrogen-bond acceptors (Lipinski definition) is 4. The van der Waals surface area contributed by atoms with Crippen LogP contribution in [0.2, 0.25) is 0 Å². The maximum absolute atomic E-state index is 12.9. The quantitative estimate of drug-likeness (QED) is 0.728. The Bertz CT molecular complexity index is 920. The SMILES string of the molecule is Cc1ccc(S(=O)(=O)N2CCN(CC(=O)N(c3ccccc3)C(C)C)CC2)cc1. The minimum atomic E-state index is -3.49. The molecule has 0 unspecified atom stereocenters. The average Bonchev–Trinajstić information content (AvgIpc) is 2.69. The highest BCUT2D eigenvalue weighted by molar-refractivity contribution is 7.89. The first-order valence-corrected chi connectivity index (χ1v) is 11.4. The molecule has 1 amide bonds. The van der Waals surface area contributed by atoms with E-state index in [0.717, 1.165) is 11.3 Å². The standard InChI is InChI=1S/C22H29N3O3S/c1-18(2)25(20-7-5-4-6-8-20)22(26)17-23-13-15-24(16-14-23)29(27,28)21-11-9-19(3)10-12-21/h4-12,18H,13-17H2,1-3H3. The van der Waals surface area contributed by atoms with Crippen LogP contribution in [-0.2, 0) is 14.8 Å². The van der Waals surface area contributed by atoms with E-state index in [9.17, 15) is 13.2 Å². The van der Waals surface area contributed by atoms with Crippen molar-refractivity contribution in [2.75, 3.05) is 37.6 Å². The van der Waals surface area contributed by atoms with E-state index in [0.29, 0.717) is 31.1 Å². The maximum Gasteiger partial charge on any atom is 0.243 e. The monoisotopic (exact) mass is 415 g/mol. The molecule has 1 heterocycles. The molecule has 7 heteroatoms. The zero-order valence-corrected chi connectivity index (χ0v) is 18.1. The molecule has 0 aliphatic carbocycles. The summed E-state index contributed by atoms with van der Waals surface area (Å²) in [5.41, 5.74) is 1.91. The van der Waals surface area contributed by atoms with Crippen molar-refractivity contribution in [3.63, 3.8) is 0 Å². The summed E-state index contributed by atoms with van der Waals surface area (Å²) in [4.78, 5) is 17.1. The van der Waals surface area contributed by atoms with Crippen LogP contribution in [0.1, 0.15) is 19.4 Å². The normalized spacial score (nSPS) is 16.1. The fourth-order valence-corrected chi connectivity index (χ4v) is 5.00. The van der Waals surface area contributed by atoms with Crippen LogP contribution in [0.15, 0.2) is 59.5 Å². The van der Waals surface area contributed by atoms with Gasteiger partial charge < -0.3 is 4.90 Å². The topological polar surface area (TPSA) is 60.9 Å². The van der Waals surface area contributed by atoms with Gasteiger partial charge in [0.2, 0.25) is 15.9 Å². The first-order chi connectivity index (χ1) is 13.8. The summed E-state index contributed by atoms with van der Waals surface area (Å²) in [5.74, 6) is 0.0287. The molecule has 0 radical (unpaired) electrons. The Kier molecular flexibility index (Phi) is 6.72. The molecule has 0 atom stereocenters. The molecule has 2 aromatic carbocycles. The van der Waals surface area contributed by atoms with E-state index in [-0.39, 0.29) is 18.5 Å². The second-order valence-electron chi connectivity index (χ2n) is 7.69. The first-order valence-electron chi connectivity index (χ1n) is 9.95.